The highest BCUT2D eigenvalue weighted by atomic mass is 35.5. The molecule has 11 heteroatoms. The number of hydrogen-bond donors (Lipinski definition) is 1. The number of hydrogen-bond acceptors (Lipinski definition) is 8. The Bertz CT molecular complexity index is 1350. The maximum Gasteiger partial charge on any atom is 0.334 e. The number of aromatic nitrogens is 4. The summed E-state index contributed by atoms with van der Waals surface area (Å²) >= 11 is 12.6. The Morgan fingerprint density at radius 2 is 2.05 bits per heavy atom. The number of nitrogens with zero attached hydrogens (tertiary/aromatic N) is 6. The maximum absolute atomic E-state index is 11.8. The molecule has 3 aromatic rings. The molecule has 5 unspecified atom stereocenters. The molecule has 1 N–H and O–H groups in total. The van der Waals surface area contributed by atoms with E-state index in [1.807, 2.05) is 36.9 Å². The van der Waals surface area contributed by atoms with E-state index in [0.29, 0.717) is 28.4 Å². The fraction of sp³-hybridized carbons (Fsp3) is 0.571. The molecule has 2 aromatic heterocycles. The normalized spacial score (nSPS) is 23.8. The summed E-state index contributed by atoms with van der Waals surface area (Å²) < 4.78 is 6.63. The molecule has 2 fully saturated rings. The predicted octanol–water partition coefficient (Wildman–Crippen LogP) is 4.65. The lowest BCUT2D eigenvalue weighted by Gasteiger charge is -2.44. The molecule has 39 heavy (non-hydrogen) atoms. The first-order chi connectivity index (χ1) is 18.7. The zero-order valence-electron chi connectivity index (χ0n) is 22.8. The highest BCUT2D eigenvalue weighted by Gasteiger charge is 2.38. The lowest BCUT2D eigenvalue weighted by atomic mass is 9.91. The number of likely N-dealkylation sites (tertiary alicyclic amines) is 1. The number of benzene rings is 1. The number of fused-ring (bicyclic) bond motifs is 1. The van der Waals surface area contributed by atoms with Gasteiger partial charge >= 0.3 is 5.97 Å². The number of anilines is 1. The van der Waals surface area contributed by atoms with Crippen LogP contribution in [0.1, 0.15) is 56.8 Å². The summed E-state index contributed by atoms with van der Waals surface area (Å²) in [5, 5.41) is 16.2. The van der Waals surface area contributed by atoms with Crippen molar-refractivity contribution in [2.75, 3.05) is 31.6 Å². The Kier molecular flexibility index (Phi) is 8.33. The van der Waals surface area contributed by atoms with Gasteiger partial charge in [-0.25, -0.2) is 19.4 Å². The maximum atomic E-state index is 11.8. The van der Waals surface area contributed by atoms with E-state index in [4.69, 9.17) is 43.0 Å². The van der Waals surface area contributed by atoms with Crippen molar-refractivity contribution in [1.82, 2.24) is 24.6 Å². The van der Waals surface area contributed by atoms with E-state index >= 15 is 0 Å². The summed E-state index contributed by atoms with van der Waals surface area (Å²) in [6, 6.07) is 5.94. The Morgan fingerprint density at radius 1 is 1.26 bits per heavy atom. The van der Waals surface area contributed by atoms with Crippen LogP contribution in [0.2, 0.25) is 10.0 Å². The van der Waals surface area contributed by atoms with Crippen LogP contribution in [0.4, 0.5) is 5.82 Å². The summed E-state index contributed by atoms with van der Waals surface area (Å²) in [5.74, 6) is 0.661. The van der Waals surface area contributed by atoms with Gasteiger partial charge in [-0.15, -0.1) is 0 Å². The lowest BCUT2D eigenvalue weighted by molar-refractivity contribution is -0.151. The van der Waals surface area contributed by atoms with Gasteiger partial charge in [-0.2, -0.15) is 5.10 Å². The molecule has 9 nitrogen and oxygen atoms in total. The minimum atomic E-state index is -1.07. The van der Waals surface area contributed by atoms with Gasteiger partial charge in [0.2, 0.25) is 0 Å². The average molecular weight is 576 g/mol. The fourth-order valence-electron chi connectivity index (χ4n) is 6.31. The smallest absolute Gasteiger partial charge is 0.334 e. The van der Waals surface area contributed by atoms with E-state index in [9.17, 15) is 9.90 Å². The van der Waals surface area contributed by atoms with Crippen molar-refractivity contribution in [2.45, 2.75) is 70.7 Å². The number of ether oxygens (including phenoxy) is 1. The molecule has 4 heterocycles. The van der Waals surface area contributed by atoms with Crippen LogP contribution in [0.5, 0.6) is 0 Å². The molecule has 0 saturated carbocycles. The third kappa shape index (κ3) is 5.59. The Labute approximate surface area is 239 Å². The fourth-order valence-corrected chi connectivity index (χ4v) is 6.87. The second-order valence-electron chi connectivity index (χ2n) is 10.9. The number of carbonyl (C=O) groups excluding carboxylic acids is 1. The minimum Gasteiger partial charge on any atom is -0.467 e. The Hall–Kier alpha value is -2.46. The lowest BCUT2D eigenvalue weighted by Crippen LogP contribution is -2.52. The molecule has 5 rings (SSSR count). The number of aryl methyl sites for hydroxylation is 1. The van der Waals surface area contributed by atoms with E-state index in [2.05, 4.69) is 16.7 Å². The van der Waals surface area contributed by atoms with Gasteiger partial charge in [-0.1, -0.05) is 36.2 Å². The molecule has 2 aliphatic rings. The van der Waals surface area contributed by atoms with Crippen LogP contribution in [0.3, 0.4) is 0 Å². The molecule has 2 saturated heterocycles. The predicted molar refractivity (Wildman–Crippen MR) is 152 cm³/mol. The van der Waals surface area contributed by atoms with Gasteiger partial charge in [-0.3, -0.25) is 4.90 Å². The Balaban J connectivity index is 1.34. The summed E-state index contributed by atoms with van der Waals surface area (Å²) in [5.41, 5.74) is 3.25. The van der Waals surface area contributed by atoms with Crippen molar-refractivity contribution in [3.05, 3.63) is 45.7 Å². The number of aliphatic hydroxyl groups excluding tert-OH is 1. The van der Waals surface area contributed by atoms with Crippen molar-refractivity contribution < 1.29 is 14.6 Å². The number of halogens is 2. The van der Waals surface area contributed by atoms with Crippen molar-refractivity contribution in [1.29, 1.82) is 0 Å². The molecule has 0 bridgehead atoms. The molecule has 0 spiro atoms. The topological polar surface area (TPSA) is 96.6 Å². The van der Waals surface area contributed by atoms with Crippen LogP contribution in [0.15, 0.2) is 24.4 Å². The number of rotatable bonds is 7. The third-order valence-electron chi connectivity index (χ3n) is 8.34. The molecular formula is C28H36Cl2N6O3. The van der Waals surface area contributed by atoms with Crippen LogP contribution in [0.25, 0.3) is 11.2 Å². The molecule has 5 atom stereocenters. The van der Waals surface area contributed by atoms with E-state index < -0.39 is 12.1 Å². The first kappa shape index (κ1) is 28.1. The van der Waals surface area contributed by atoms with Crippen molar-refractivity contribution in [2.24, 2.45) is 5.92 Å². The van der Waals surface area contributed by atoms with Gasteiger partial charge < -0.3 is 14.7 Å². The SMILES string of the molecule is COC(=O)C(O)CC1CCCN1C1CCN(c2cnc3c(C)nn(C(C)c4ccc(Cl)cc4Cl)c3n2)CC1C. The largest absolute Gasteiger partial charge is 0.467 e. The second-order valence-corrected chi connectivity index (χ2v) is 11.7. The van der Waals surface area contributed by atoms with Crippen LogP contribution in [0, 0.1) is 12.8 Å². The summed E-state index contributed by atoms with van der Waals surface area (Å²) in [6.07, 6.45) is 4.23. The van der Waals surface area contributed by atoms with Crippen LogP contribution >= 0.6 is 23.2 Å². The monoisotopic (exact) mass is 574 g/mol. The van der Waals surface area contributed by atoms with Gasteiger partial charge in [0, 0.05) is 35.2 Å². The van der Waals surface area contributed by atoms with Gasteiger partial charge in [0.1, 0.15) is 11.3 Å². The van der Waals surface area contributed by atoms with Crippen molar-refractivity contribution >= 4 is 46.2 Å². The van der Waals surface area contributed by atoms with Gasteiger partial charge in [0.05, 0.1) is 25.0 Å². The van der Waals surface area contributed by atoms with E-state index in [0.717, 1.165) is 67.1 Å². The van der Waals surface area contributed by atoms with Gasteiger partial charge in [0.25, 0.3) is 0 Å². The number of esters is 1. The molecule has 1 aromatic carbocycles. The molecule has 210 valence electrons. The van der Waals surface area contributed by atoms with Gasteiger partial charge in [-0.05, 0) is 69.7 Å². The first-order valence-electron chi connectivity index (χ1n) is 13.6. The summed E-state index contributed by atoms with van der Waals surface area (Å²) in [4.78, 5) is 26.4. The average Bonchev–Trinajstić information content (AvgIpc) is 3.51. The highest BCUT2D eigenvalue weighted by Crippen LogP contribution is 2.34. The van der Waals surface area contributed by atoms with Crippen LogP contribution < -0.4 is 4.90 Å². The molecular weight excluding hydrogens is 539 g/mol. The van der Waals surface area contributed by atoms with Crippen LogP contribution in [-0.2, 0) is 9.53 Å². The van der Waals surface area contributed by atoms with Crippen molar-refractivity contribution in [3.63, 3.8) is 0 Å². The van der Waals surface area contributed by atoms with E-state index in [1.165, 1.54) is 7.11 Å². The summed E-state index contributed by atoms with van der Waals surface area (Å²) in [7, 11) is 1.32. The van der Waals surface area contributed by atoms with E-state index in [-0.39, 0.29) is 12.1 Å². The van der Waals surface area contributed by atoms with Crippen molar-refractivity contribution in [3.8, 4) is 0 Å². The zero-order valence-corrected chi connectivity index (χ0v) is 24.4. The molecule has 0 radical (unpaired) electrons. The van der Waals surface area contributed by atoms with Crippen LogP contribution in [-0.4, -0.2) is 80.7 Å². The quantitative estimate of drug-likeness (QED) is 0.407. The third-order valence-corrected chi connectivity index (χ3v) is 8.90. The zero-order chi connectivity index (χ0) is 27.8. The Morgan fingerprint density at radius 3 is 2.77 bits per heavy atom. The number of piperidine rings is 1. The number of aliphatic hydroxyl groups is 1. The molecule has 2 aliphatic heterocycles. The molecule has 0 amide bonds. The highest BCUT2D eigenvalue weighted by molar-refractivity contribution is 6.35. The standard InChI is InChI=1S/C28H36Cl2N6O3/c1-16-15-34(11-9-23(16)35-10-5-6-20(35)13-24(37)28(38)39-4)25-14-31-26-17(2)33-36(27(26)32-25)18(3)21-8-7-19(29)12-22(21)30/h7-8,12,14,16,18,20,23-24,37H,5-6,9-11,13,15H2,1-4H3. The second kappa shape index (κ2) is 11.6. The number of methoxy groups -OCH3 is 1. The number of carbonyl (C=O) groups is 1. The minimum absolute atomic E-state index is 0.146. The van der Waals surface area contributed by atoms with E-state index in [1.54, 1.807) is 6.07 Å². The molecule has 0 aliphatic carbocycles. The first-order valence-corrected chi connectivity index (χ1v) is 14.4. The van der Waals surface area contributed by atoms with Gasteiger partial charge in [0.15, 0.2) is 11.8 Å². The summed E-state index contributed by atoms with van der Waals surface area (Å²) in [6.45, 7) is 8.95.